The number of nitrogens with one attached hydrogen (secondary N) is 3. The molecule has 3 heterocycles. The summed E-state index contributed by atoms with van der Waals surface area (Å²) in [4.78, 5) is 26.8. The number of urea groups is 1. The van der Waals surface area contributed by atoms with Crippen LogP contribution in [0.5, 0.6) is 0 Å². The molecular formula is C18H22N6O2S. The molecular weight excluding hydrogens is 364 g/mol. The highest BCUT2D eigenvalue weighted by Crippen LogP contribution is 2.36. The van der Waals surface area contributed by atoms with Gasteiger partial charge in [-0.05, 0) is 31.9 Å². The summed E-state index contributed by atoms with van der Waals surface area (Å²) in [5.41, 5.74) is 1.09. The normalized spacial score (nSPS) is 17.8. The van der Waals surface area contributed by atoms with Crippen LogP contribution in [0, 0.1) is 6.92 Å². The van der Waals surface area contributed by atoms with E-state index in [0.717, 1.165) is 21.4 Å². The lowest BCUT2D eigenvalue weighted by Crippen LogP contribution is -2.60. The molecule has 0 radical (unpaired) electrons. The third-order valence-corrected chi connectivity index (χ3v) is 5.97. The van der Waals surface area contributed by atoms with Gasteiger partial charge in [-0.3, -0.25) is 4.79 Å². The van der Waals surface area contributed by atoms with E-state index < -0.39 is 5.54 Å². The van der Waals surface area contributed by atoms with E-state index in [-0.39, 0.29) is 11.9 Å². The predicted molar refractivity (Wildman–Crippen MR) is 104 cm³/mol. The van der Waals surface area contributed by atoms with E-state index in [2.05, 4.69) is 26.1 Å². The fourth-order valence-corrected chi connectivity index (χ4v) is 4.24. The molecule has 1 saturated heterocycles. The second kappa shape index (κ2) is 7.15. The van der Waals surface area contributed by atoms with Crippen molar-refractivity contribution in [1.82, 2.24) is 20.4 Å². The van der Waals surface area contributed by atoms with Crippen molar-refractivity contribution in [3.05, 3.63) is 34.3 Å². The molecule has 4 rings (SSSR count). The molecule has 0 atom stereocenters. The van der Waals surface area contributed by atoms with Crippen LogP contribution in [0.3, 0.4) is 0 Å². The van der Waals surface area contributed by atoms with Crippen LogP contribution in [0.4, 0.5) is 16.2 Å². The molecule has 3 N–H and O–H groups in total. The summed E-state index contributed by atoms with van der Waals surface area (Å²) in [5, 5.41) is 19.2. The SMILES string of the molecule is Cc1nnc(CCNC(=O)N2CCC3(CC2)Nc2ccccc2NC3=O)s1. The number of fused-ring (bicyclic) bond motifs is 1. The van der Waals surface area contributed by atoms with Crippen molar-refractivity contribution in [3.8, 4) is 0 Å². The summed E-state index contributed by atoms with van der Waals surface area (Å²) in [6, 6.07) is 7.59. The summed E-state index contributed by atoms with van der Waals surface area (Å²) in [6.07, 6.45) is 1.84. The minimum absolute atomic E-state index is 0.0205. The van der Waals surface area contributed by atoms with Crippen LogP contribution in [-0.2, 0) is 11.2 Å². The van der Waals surface area contributed by atoms with Gasteiger partial charge in [-0.15, -0.1) is 21.5 Å². The van der Waals surface area contributed by atoms with Crippen LogP contribution in [-0.4, -0.2) is 52.2 Å². The maximum absolute atomic E-state index is 12.6. The van der Waals surface area contributed by atoms with Crippen LogP contribution in [0.1, 0.15) is 22.9 Å². The Morgan fingerprint density at radius 1 is 1.26 bits per heavy atom. The van der Waals surface area contributed by atoms with Crippen molar-refractivity contribution < 1.29 is 9.59 Å². The van der Waals surface area contributed by atoms with E-state index in [1.165, 1.54) is 0 Å². The predicted octanol–water partition coefficient (Wildman–Crippen LogP) is 2.00. The zero-order valence-electron chi connectivity index (χ0n) is 15.1. The third kappa shape index (κ3) is 3.59. The van der Waals surface area contributed by atoms with Gasteiger partial charge in [-0.2, -0.15) is 0 Å². The molecule has 142 valence electrons. The highest BCUT2D eigenvalue weighted by molar-refractivity contribution is 7.11. The highest BCUT2D eigenvalue weighted by Gasteiger charge is 2.44. The van der Waals surface area contributed by atoms with Crippen LogP contribution in [0.2, 0.25) is 0 Å². The van der Waals surface area contributed by atoms with Gasteiger partial charge >= 0.3 is 6.03 Å². The Bertz CT molecular complexity index is 859. The number of anilines is 2. The van der Waals surface area contributed by atoms with Gasteiger partial charge in [0, 0.05) is 26.1 Å². The maximum Gasteiger partial charge on any atom is 0.317 e. The van der Waals surface area contributed by atoms with Crippen LogP contribution in [0.15, 0.2) is 24.3 Å². The zero-order chi connectivity index (χ0) is 18.9. The summed E-state index contributed by atoms with van der Waals surface area (Å²) in [6.45, 7) is 3.51. The van der Waals surface area contributed by atoms with Gasteiger partial charge in [0.2, 0.25) is 5.91 Å². The van der Waals surface area contributed by atoms with Gasteiger partial charge < -0.3 is 20.9 Å². The van der Waals surface area contributed by atoms with Crippen molar-refractivity contribution in [2.45, 2.75) is 31.7 Å². The largest absolute Gasteiger partial charge is 0.369 e. The molecule has 1 spiro atoms. The van der Waals surface area contributed by atoms with Gasteiger partial charge in [0.05, 0.1) is 11.4 Å². The molecule has 9 heteroatoms. The summed E-state index contributed by atoms with van der Waals surface area (Å²) >= 11 is 1.54. The minimum Gasteiger partial charge on any atom is -0.369 e. The number of nitrogens with zero attached hydrogens (tertiary/aromatic N) is 3. The number of hydrogen-bond acceptors (Lipinski definition) is 6. The lowest BCUT2D eigenvalue weighted by Gasteiger charge is -2.44. The van der Waals surface area contributed by atoms with Gasteiger partial charge in [-0.1, -0.05) is 12.1 Å². The quantitative estimate of drug-likeness (QED) is 0.749. The highest BCUT2D eigenvalue weighted by atomic mass is 32.1. The first-order valence-electron chi connectivity index (χ1n) is 9.06. The second-order valence-electron chi connectivity index (χ2n) is 6.89. The molecule has 1 fully saturated rings. The number of aryl methyl sites for hydroxylation is 1. The zero-order valence-corrected chi connectivity index (χ0v) is 15.9. The number of hydrogen-bond donors (Lipinski definition) is 3. The molecule has 8 nitrogen and oxygen atoms in total. The minimum atomic E-state index is -0.644. The van der Waals surface area contributed by atoms with E-state index in [0.29, 0.717) is 38.9 Å². The molecule has 1 aromatic carbocycles. The number of likely N-dealkylation sites (tertiary alicyclic amines) is 1. The Hall–Kier alpha value is -2.68. The first-order chi connectivity index (χ1) is 13.1. The molecule has 1 aromatic heterocycles. The Labute approximate surface area is 161 Å². The third-order valence-electron chi connectivity index (χ3n) is 5.07. The van der Waals surface area contributed by atoms with Gasteiger partial charge in [-0.25, -0.2) is 4.79 Å². The van der Waals surface area contributed by atoms with E-state index >= 15 is 0 Å². The number of benzene rings is 1. The maximum atomic E-state index is 12.6. The average molecular weight is 386 g/mol. The number of carbonyl (C=O) groups is 2. The Morgan fingerprint density at radius 3 is 2.70 bits per heavy atom. The van der Waals surface area contributed by atoms with Gasteiger partial charge in [0.1, 0.15) is 15.6 Å². The van der Waals surface area contributed by atoms with Crippen LogP contribution in [0.25, 0.3) is 0 Å². The fourth-order valence-electron chi connectivity index (χ4n) is 3.53. The number of para-hydroxylation sites is 2. The van der Waals surface area contributed by atoms with Crippen molar-refractivity contribution >= 4 is 34.6 Å². The summed E-state index contributed by atoms with van der Waals surface area (Å²) in [7, 11) is 0. The van der Waals surface area contributed by atoms with Crippen molar-refractivity contribution in [3.63, 3.8) is 0 Å². The Kier molecular flexibility index (Phi) is 4.69. The molecule has 0 unspecified atom stereocenters. The topological polar surface area (TPSA) is 99.2 Å². The molecule has 0 bridgehead atoms. The first kappa shape index (κ1) is 17.7. The van der Waals surface area contributed by atoms with Gasteiger partial charge in [0.15, 0.2) is 0 Å². The molecule has 2 aromatic rings. The molecule has 0 saturated carbocycles. The number of piperidine rings is 1. The second-order valence-corrected chi connectivity index (χ2v) is 8.16. The smallest absolute Gasteiger partial charge is 0.317 e. The van der Waals surface area contributed by atoms with E-state index in [1.807, 2.05) is 31.2 Å². The van der Waals surface area contributed by atoms with Crippen molar-refractivity contribution in [2.24, 2.45) is 0 Å². The van der Waals surface area contributed by atoms with Crippen LogP contribution >= 0.6 is 11.3 Å². The summed E-state index contributed by atoms with van der Waals surface area (Å²) < 4.78 is 0. The molecule has 3 amide bonds. The van der Waals surface area contributed by atoms with Gasteiger partial charge in [0.25, 0.3) is 0 Å². The number of amides is 3. The van der Waals surface area contributed by atoms with Crippen molar-refractivity contribution in [2.75, 3.05) is 30.3 Å². The number of carbonyl (C=O) groups excluding carboxylic acids is 2. The number of rotatable bonds is 3. The number of aromatic nitrogens is 2. The van der Waals surface area contributed by atoms with E-state index in [4.69, 9.17) is 0 Å². The Balaban J connectivity index is 1.31. The lowest BCUT2D eigenvalue weighted by molar-refractivity contribution is -0.121. The van der Waals surface area contributed by atoms with E-state index in [1.54, 1.807) is 16.2 Å². The fraction of sp³-hybridized carbons (Fsp3) is 0.444. The lowest BCUT2D eigenvalue weighted by atomic mass is 9.84. The van der Waals surface area contributed by atoms with Crippen molar-refractivity contribution in [1.29, 1.82) is 0 Å². The van der Waals surface area contributed by atoms with E-state index in [9.17, 15) is 9.59 Å². The monoisotopic (exact) mass is 386 g/mol. The standard InChI is InChI=1S/C18H22N6O2S/c1-12-22-23-15(27-12)6-9-19-17(26)24-10-7-18(8-11-24)16(25)20-13-4-2-3-5-14(13)21-18/h2-5,21H,6-11H2,1H3,(H,19,26)(H,20,25). The molecule has 27 heavy (non-hydrogen) atoms. The Morgan fingerprint density at radius 2 is 2.00 bits per heavy atom. The molecule has 0 aliphatic carbocycles. The summed E-state index contributed by atoms with van der Waals surface area (Å²) in [5.74, 6) is -0.0205. The molecule has 2 aliphatic heterocycles. The first-order valence-corrected chi connectivity index (χ1v) is 9.88. The van der Waals surface area contributed by atoms with Crippen LogP contribution < -0.4 is 16.0 Å². The average Bonchev–Trinajstić information content (AvgIpc) is 3.08. The molecule has 2 aliphatic rings.